The number of esters is 1. The first kappa shape index (κ1) is 25.2. The summed E-state index contributed by atoms with van der Waals surface area (Å²) in [5.41, 5.74) is 8.35. The average molecular weight is 524 g/mol. The molecule has 8 heteroatoms. The van der Waals surface area contributed by atoms with Gasteiger partial charge in [-0.05, 0) is 61.4 Å². The first-order valence-corrected chi connectivity index (χ1v) is 13.5. The lowest BCUT2D eigenvalue weighted by molar-refractivity contribution is -0.140. The molecule has 0 amide bonds. The highest BCUT2D eigenvalue weighted by atomic mass is 16.5. The molecule has 6 rings (SSSR count). The van der Waals surface area contributed by atoms with E-state index in [1.165, 1.54) is 12.7 Å². The average Bonchev–Trinajstić information content (AvgIpc) is 3.48. The molecule has 1 fully saturated rings. The Labute approximate surface area is 227 Å². The van der Waals surface area contributed by atoms with Crippen molar-refractivity contribution in [2.75, 3.05) is 20.3 Å². The van der Waals surface area contributed by atoms with Crippen molar-refractivity contribution in [1.82, 2.24) is 24.5 Å². The number of aromatic nitrogens is 5. The summed E-state index contributed by atoms with van der Waals surface area (Å²) in [5, 5.41) is 9.59. The third kappa shape index (κ3) is 4.69. The first-order chi connectivity index (χ1) is 19.0. The molecule has 0 radical (unpaired) electrons. The molecule has 0 saturated carbocycles. The molecule has 1 saturated heterocycles. The van der Waals surface area contributed by atoms with Gasteiger partial charge in [0.2, 0.25) is 0 Å². The second kappa shape index (κ2) is 10.6. The molecule has 0 bridgehead atoms. The summed E-state index contributed by atoms with van der Waals surface area (Å²) < 4.78 is 14.9. The molecular formula is C31H33N5O3. The fourth-order valence-corrected chi connectivity index (χ4v) is 6.06. The minimum absolute atomic E-state index is 0.124. The molecule has 8 nitrogen and oxygen atoms in total. The van der Waals surface area contributed by atoms with Crippen molar-refractivity contribution >= 4 is 27.9 Å². The number of pyridine rings is 1. The zero-order valence-corrected chi connectivity index (χ0v) is 22.6. The Bertz CT molecular complexity index is 1610. The van der Waals surface area contributed by atoms with Crippen molar-refractivity contribution in [3.05, 3.63) is 77.6 Å². The number of benzene rings is 2. The van der Waals surface area contributed by atoms with Crippen LogP contribution in [0, 0.1) is 12.8 Å². The van der Waals surface area contributed by atoms with Gasteiger partial charge in [0.05, 0.1) is 41.1 Å². The van der Waals surface area contributed by atoms with Gasteiger partial charge in [0.15, 0.2) is 0 Å². The number of hydrogen-bond acceptors (Lipinski definition) is 6. The third-order valence-corrected chi connectivity index (χ3v) is 7.95. The maximum atomic E-state index is 11.8. The van der Waals surface area contributed by atoms with Crippen LogP contribution < -0.4 is 0 Å². The van der Waals surface area contributed by atoms with Crippen LogP contribution in [0.3, 0.4) is 0 Å². The van der Waals surface area contributed by atoms with Crippen molar-refractivity contribution in [3.8, 4) is 11.3 Å². The smallest absolute Gasteiger partial charge is 0.305 e. The van der Waals surface area contributed by atoms with E-state index in [1.54, 1.807) is 0 Å². The highest BCUT2D eigenvalue weighted by Crippen LogP contribution is 2.41. The van der Waals surface area contributed by atoms with E-state index in [0.717, 1.165) is 70.5 Å². The molecule has 4 heterocycles. The molecule has 1 atom stereocenters. The Balaban J connectivity index is 1.60. The molecule has 200 valence electrons. The van der Waals surface area contributed by atoms with E-state index < -0.39 is 0 Å². The van der Waals surface area contributed by atoms with Gasteiger partial charge in [-0.3, -0.25) is 9.78 Å². The van der Waals surface area contributed by atoms with Crippen LogP contribution in [0.1, 0.15) is 42.1 Å². The lowest BCUT2D eigenvalue weighted by atomic mass is 9.86. The maximum Gasteiger partial charge on any atom is 0.305 e. The molecular weight excluding hydrogens is 490 g/mol. The Morgan fingerprint density at radius 1 is 1.10 bits per heavy atom. The molecule has 0 N–H and O–H groups in total. The predicted molar refractivity (Wildman–Crippen MR) is 150 cm³/mol. The summed E-state index contributed by atoms with van der Waals surface area (Å²) in [6.45, 7) is 3.52. The summed E-state index contributed by atoms with van der Waals surface area (Å²) in [5.74, 6) is 0.215. The monoisotopic (exact) mass is 523 g/mol. The van der Waals surface area contributed by atoms with E-state index in [0.29, 0.717) is 18.8 Å². The van der Waals surface area contributed by atoms with Crippen LogP contribution in [0.25, 0.3) is 33.2 Å². The van der Waals surface area contributed by atoms with Crippen LogP contribution in [0.5, 0.6) is 0 Å². The van der Waals surface area contributed by atoms with Gasteiger partial charge in [0.1, 0.15) is 0 Å². The number of hydrogen-bond donors (Lipinski definition) is 0. The fourth-order valence-electron chi connectivity index (χ4n) is 6.06. The van der Waals surface area contributed by atoms with Crippen LogP contribution in [-0.4, -0.2) is 50.8 Å². The molecule has 5 aromatic rings. The molecule has 2 aromatic carbocycles. The Morgan fingerprint density at radius 3 is 2.62 bits per heavy atom. The maximum absolute atomic E-state index is 11.8. The van der Waals surface area contributed by atoms with Crippen molar-refractivity contribution in [1.29, 1.82) is 0 Å². The van der Waals surface area contributed by atoms with Gasteiger partial charge < -0.3 is 14.0 Å². The summed E-state index contributed by atoms with van der Waals surface area (Å²) in [6.07, 6.45) is 4.88. The zero-order valence-electron chi connectivity index (χ0n) is 22.6. The Kier molecular flexibility index (Phi) is 6.87. The molecule has 0 unspecified atom stereocenters. The number of aryl methyl sites for hydroxylation is 3. The van der Waals surface area contributed by atoms with Gasteiger partial charge in [-0.1, -0.05) is 41.6 Å². The third-order valence-electron chi connectivity index (χ3n) is 7.95. The van der Waals surface area contributed by atoms with E-state index in [-0.39, 0.29) is 12.0 Å². The summed E-state index contributed by atoms with van der Waals surface area (Å²) in [4.78, 5) is 16.9. The topological polar surface area (TPSA) is 84.1 Å². The second-order valence-corrected chi connectivity index (χ2v) is 10.3. The second-order valence-electron chi connectivity index (χ2n) is 10.3. The first-order valence-electron chi connectivity index (χ1n) is 13.5. The molecule has 1 aliphatic heterocycles. The lowest BCUT2D eigenvalue weighted by Gasteiger charge is -2.33. The van der Waals surface area contributed by atoms with Gasteiger partial charge >= 0.3 is 5.97 Å². The fraction of sp³-hybridized carbons (Fsp3) is 0.355. The number of rotatable bonds is 7. The van der Waals surface area contributed by atoms with E-state index in [4.69, 9.17) is 14.5 Å². The van der Waals surface area contributed by atoms with Gasteiger partial charge in [-0.2, -0.15) is 0 Å². The standard InChI is InChI=1S/C31H33N5O3/c1-20-30(35(2)34-33-20)24-18-27-29(32-19-24)25-17-21(10-12-28(37)38-3)9-11-26(25)36(27)31(22-7-5-4-6-8-22)23-13-15-39-16-14-23/h4-9,11,17-19,23,31H,10,12-16H2,1-3H3/t31-/m1/s1. The molecule has 39 heavy (non-hydrogen) atoms. The Hall–Kier alpha value is -4.04. The minimum Gasteiger partial charge on any atom is -0.469 e. The van der Waals surface area contributed by atoms with Crippen molar-refractivity contribution in [2.24, 2.45) is 13.0 Å². The summed E-state index contributed by atoms with van der Waals surface area (Å²) in [6, 6.07) is 19.6. The molecule has 1 aliphatic rings. The van der Waals surface area contributed by atoms with E-state index in [9.17, 15) is 4.79 Å². The zero-order chi connectivity index (χ0) is 26.9. The number of methoxy groups -OCH3 is 1. The van der Waals surface area contributed by atoms with Gasteiger partial charge in [0, 0.05) is 43.8 Å². The van der Waals surface area contributed by atoms with Crippen LogP contribution in [-0.2, 0) is 27.7 Å². The minimum atomic E-state index is -0.205. The van der Waals surface area contributed by atoms with E-state index in [1.807, 2.05) is 24.9 Å². The predicted octanol–water partition coefficient (Wildman–Crippen LogP) is 5.42. The van der Waals surface area contributed by atoms with Crippen LogP contribution in [0.4, 0.5) is 0 Å². The largest absolute Gasteiger partial charge is 0.469 e. The normalized spacial score (nSPS) is 15.2. The van der Waals surface area contributed by atoms with Gasteiger partial charge in [-0.15, -0.1) is 5.10 Å². The molecule has 0 spiro atoms. The van der Waals surface area contributed by atoms with Gasteiger partial charge in [-0.25, -0.2) is 4.68 Å². The number of carbonyl (C=O) groups is 1. The van der Waals surface area contributed by atoms with Crippen molar-refractivity contribution in [2.45, 2.75) is 38.6 Å². The number of carbonyl (C=O) groups excluding carboxylic acids is 1. The van der Waals surface area contributed by atoms with Crippen molar-refractivity contribution < 1.29 is 14.3 Å². The highest BCUT2D eigenvalue weighted by molar-refractivity contribution is 6.07. The SMILES string of the molecule is COC(=O)CCc1ccc2c(c1)c1ncc(-c3c(C)nnn3C)cc1n2[C@H](c1ccccc1)C1CCOCC1. The van der Waals surface area contributed by atoms with Gasteiger partial charge in [0.25, 0.3) is 0 Å². The number of nitrogens with zero attached hydrogens (tertiary/aromatic N) is 5. The van der Waals surface area contributed by atoms with Crippen molar-refractivity contribution in [3.63, 3.8) is 0 Å². The van der Waals surface area contributed by atoms with Crippen LogP contribution in [0.2, 0.25) is 0 Å². The van der Waals surface area contributed by atoms with E-state index in [2.05, 4.69) is 69.5 Å². The van der Waals surface area contributed by atoms with Crippen LogP contribution in [0.15, 0.2) is 60.8 Å². The Morgan fingerprint density at radius 2 is 1.90 bits per heavy atom. The summed E-state index contributed by atoms with van der Waals surface area (Å²) in [7, 11) is 3.34. The van der Waals surface area contributed by atoms with Crippen LogP contribution >= 0.6 is 0 Å². The summed E-state index contributed by atoms with van der Waals surface area (Å²) >= 11 is 0. The highest BCUT2D eigenvalue weighted by Gasteiger charge is 2.30. The quantitative estimate of drug-likeness (QED) is 0.265. The number of ether oxygens (including phenoxy) is 2. The molecule has 0 aliphatic carbocycles. The lowest BCUT2D eigenvalue weighted by Crippen LogP contribution is -2.26. The number of fused-ring (bicyclic) bond motifs is 3. The van der Waals surface area contributed by atoms with E-state index >= 15 is 0 Å². The molecule has 3 aromatic heterocycles.